The number of nitrogens with one attached hydrogen (secondary N) is 1. The van der Waals surface area contributed by atoms with Crippen molar-refractivity contribution in [2.24, 2.45) is 5.41 Å². The summed E-state index contributed by atoms with van der Waals surface area (Å²) >= 11 is 13.0. The number of hydrogen-bond acceptors (Lipinski definition) is 5. The first-order valence-corrected chi connectivity index (χ1v) is 12.7. The standard InChI is InChI=1S/C27H29Cl2N3O3/c1-27(2)14-21-25(23(33)15-27)26(18-8-7-17(28)13-19(18)29)32(22-6-4-3-5-20(22)30-21)16-24(34)31-9-11-35-12-10-31/h3-8,13,26,30H,9-12,14-16H2,1-2H3. The third-order valence-electron chi connectivity index (χ3n) is 6.93. The Morgan fingerprint density at radius 2 is 1.86 bits per heavy atom. The molecule has 8 heteroatoms. The Morgan fingerprint density at radius 3 is 2.60 bits per heavy atom. The summed E-state index contributed by atoms with van der Waals surface area (Å²) in [7, 11) is 0. The van der Waals surface area contributed by atoms with Crippen molar-refractivity contribution in [1.82, 2.24) is 4.90 Å². The van der Waals surface area contributed by atoms with Crippen LogP contribution in [0.3, 0.4) is 0 Å². The van der Waals surface area contributed by atoms with E-state index in [1.807, 2.05) is 40.1 Å². The average Bonchev–Trinajstić information content (AvgIpc) is 2.93. The second-order valence-corrected chi connectivity index (χ2v) is 11.0. The highest BCUT2D eigenvalue weighted by Crippen LogP contribution is 2.49. The van der Waals surface area contributed by atoms with Crippen molar-refractivity contribution in [2.75, 3.05) is 43.1 Å². The SMILES string of the molecule is CC1(C)CC(=O)C2=C(C1)Nc1ccccc1N(CC(=O)N1CCOCC1)C2c1ccc(Cl)cc1Cl. The summed E-state index contributed by atoms with van der Waals surface area (Å²) in [6, 6.07) is 12.7. The molecule has 184 valence electrons. The number of morpholine rings is 1. The van der Waals surface area contributed by atoms with Crippen LogP contribution in [0.15, 0.2) is 53.7 Å². The van der Waals surface area contributed by atoms with Crippen molar-refractivity contribution in [3.8, 4) is 0 Å². The van der Waals surface area contributed by atoms with Gasteiger partial charge in [-0.05, 0) is 41.7 Å². The first-order chi connectivity index (χ1) is 16.7. The number of Topliss-reactive ketones (excluding diaryl/α,β-unsaturated/α-hetero) is 1. The zero-order valence-corrected chi connectivity index (χ0v) is 21.5. The van der Waals surface area contributed by atoms with Crippen molar-refractivity contribution in [1.29, 1.82) is 0 Å². The van der Waals surface area contributed by atoms with Crippen molar-refractivity contribution in [2.45, 2.75) is 32.7 Å². The summed E-state index contributed by atoms with van der Waals surface area (Å²) in [6.07, 6.45) is 1.15. The second-order valence-electron chi connectivity index (χ2n) is 10.2. The molecule has 1 aliphatic carbocycles. The van der Waals surface area contributed by atoms with E-state index in [4.69, 9.17) is 27.9 Å². The summed E-state index contributed by atoms with van der Waals surface area (Å²) in [4.78, 5) is 31.1. The van der Waals surface area contributed by atoms with Gasteiger partial charge in [-0.1, -0.05) is 55.2 Å². The molecule has 35 heavy (non-hydrogen) atoms. The highest BCUT2D eigenvalue weighted by atomic mass is 35.5. The Balaban J connectivity index is 1.69. The number of benzene rings is 2. The number of carbonyl (C=O) groups is 2. The molecule has 2 aromatic carbocycles. The van der Waals surface area contributed by atoms with Crippen LogP contribution < -0.4 is 10.2 Å². The smallest absolute Gasteiger partial charge is 0.242 e. The molecule has 2 aromatic rings. The molecule has 1 N–H and O–H groups in total. The molecule has 2 aliphatic heterocycles. The molecule has 0 radical (unpaired) electrons. The van der Waals surface area contributed by atoms with E-state index in [2.05, 4.69) is 19.2 Å². The lowest BCUT2D eigenvalue weighted by molar-refractivity contribution is -0.133. The predicted octanol–water partition coefficient (Wildman–Crippen LogP) is 5.47. The van der Waals surface area contributed by atoms with Crippen LogP contribution in [0.25, 0.3) is 0 Å². The van der Waals surface area contributed by atoms with Crippen LogP contribution in [0.5, 0.6) is 0 Å². The normalized spacial score (nSPS) is 21.7. The van der Waals surface area contributed by atoms with Gasteiger partial charge in [0.1, 0.15) is 0 Å². The number of fused-ring (bicyclic) bond motifs is 1. The number of ketones is 1. The number of anilines is 2. The van der Waals surface area contributed by atoms with Gasteiger partial charge < -0.3 is 19.9 Å². The minimum Gasteiger partial charge on any atom is -0.378 e. The Hall–Kier alpha value is -2.54. The molecule has 0 spiro atoms. The third kappa shape index (κ3) is 4.80. The molecule has 0 aromatic heterocycles. The lowest BCUT2D eigenvalue weighted by atomic mass is 9.73. The molecule has 1 unspecified atom stereocenters. The average molecular weight is 514 g/mol. The van der Waals surface area contributed by atoms with Gasteiger partial charge in [0.05, 0.1) is 37.2 Å². The van der Waals surface area contributed by atoms with Gasteiger partial charge >= 0.3 is 0 Å². The highest BCUT2D eigenvalue weighted by molar-refractivity contribution is 6.35. The fourth-order valence-corrected chi connectivity index (χ4v) is 5.84. The van der Waals surface area contributed by atoms with Gasteiger partial charge in [-0.25, -0.2) is 0 Å². The van der Waals surface area contributed by atoms with E-state index in [0.717, 1.165) is 29.1 Å². The van der Waals surface area contributed by atoms with Gasteiger partial charge in [-0.3, -0.25) is 9.59 Å². The number of para-hydroxylation sites is 2. The molecular formula is C27H29Cl2N3O3. The minimum absolute atomic E-state index is 0.00849. The van der Waals surface area contributed by atoms with E-state index in [9.17, 15) is 9.59 Å². The van der Waals surface area contributed by atoms with Crippen molar-refractivity contribution in [3.05, 3.63) is 69.3 Å². The maximum atomic E-state index is 13.7. The number of nitrogens with zero attached hydrogens (tertiary/aromatic N) is 2. The van der Waals surface area contributed by atoms with Gasteiger partial charge in [-0.2, -0.15) is 0 Å². The highest BCUT2D eigenvalue weighted by Gasteiger charge is 2.42. The summed E-state index contributed by atoms with van der Waals surface area (Å²) in [5.74, 6) is 0.0576. The molecule has 0 bridgehead atoms. The Morgan fingerprint density at radius 1 is 1.11 bits per heavy atom. The molecular weight excluding hydrogens is 485 g/mol. The van der Waals surface area contributed by atoms with Crippen LogP contribution in [0.4, 0.5) is 11.4 Å². The molecule has 2 heterocycles. The molecule has 3 aliphatic rings. The number of hydrogen-bond donors (Lipinski definition) is 1. The van der Waals surface area contributed by atoms with Crippen LogP contribution >= 0.6 is 23.2 Å². The zero-order chi connectivity index (χ0) is 24.7. The summed E-state index contributed by atoms with van der Waals surface area (Å²) in [6.45, 7) is 6.49. The van der Waals surface area contributed by atoms with Gasteiger partial charge in [0.2, 0.25) is 5.91 Å². The maximum absolute atomic E-state index is 13.7. The van der Waals surface area contributed by atoms with Crippen LogP contribution in [0, 0.1) is 5.41 Å². The molecule has 1 fully saturated rings. The number of amides is 1. The molecule has 1 amide bonds. The van der Waals surface area contributed by atoms with Gasteiger partial charge in [0.15, 0.2) is 5.78 Å². The summed E-state index contributed by atoms with van der Waals surface area (Å²) < 4.78 is 5.44. The monoisotopic (exact) mass is 513 g/mol. The van der Waals surface area contributed by atoms with E-state index in [1.54, 1.807) is 12.1 Å². The quantitative estimate of drug-likeness (QED) is 0.589. The number of carbonyl (C=O) groups excluding carboxylic acids is 2. The van der Waals surface area contributed by atoms with Crippen molar-refractivity contribution >= 4 is 46.3 Å². The number of allylic oxidation sites excluding steroid dienone is 1. The fraction of sp³-hybridized carbons (Fsp3) is 0.407. The van der Waals surface area contributed by atoms with E-state index < -0.39 is 6.04 Å². The van der Waals surface area contributed by atoms with E-state index >= 15 is 0 Å². The lowest BCUT2D eigenvalue weighted by Crippen LogP contribution is -2.47. The van der Waals surface area contributed by atoms with Crippen LogP contribution in [-0.4, -0.2) is 49.4 Å². The fourth-order valence-electron chi connectivity index (χ4n) is 5.33. The summed E-state index contributed by atoms with van der Waals surface area (Å²) in [5, 5.41) is 4.55. The first kappa shape index (κ1) is 24.2. The van der Waals surface area contributed by atoms with E-state index in [-0.39, 0.29) is 23.7 Å². The Labute approximate surface area is 215 Å². The van der Waals surface area contributed by atoms with Crippen LogP contribution in [-0.2, 0) is 14.3 Å². The number of halogens is 2. The first-order valence-electron chi connectivity index (χ1n) is 11.9. The molecule has 1 atom stereocenters. The Kier molecular flexibility index (Phi) is 6.55. The van der Waals surface area contributed by atoms with Crippen molar-refractivity contribution < 1.29 is 14.3 Å². The largest absolute Gasteiger partial charge is 0.378 e. The van der Waals surface area contributed by atoms with Crippen LogP contribution in [0.1, 0.15) is 38.3 Å². The second kappa shape index (κ2) is 9.49. The van der Waals surface area contributed by atoms with Crippen molar-refractivity contribution in [3.63, 3.8) is 0 Å². The van der Waals surface area contributed by atoms with E-state index in [1.165, 1.54) is 0 Å². The van der Waals surface area contributed by atoms with Gasteiger partial charge in [0.25, 0.3) is 0 Å². The van der Waals surface area contributed by atoms with E-state index in [0.29, 0.717) is 48.3 Å². The molecule has 5 rings (SSSR count). The Bertz CT molecular complexity index is 1200. The lowest BCUT2D eigenvalue weighted by Gasteiger charge is -2.39. The zero-order valence-electron chi connectivity index (χ0n) is 19.9. The number of rotatable bonds is 3. The minimum atomic E-state index is -0.528. The summed E-state index contributed by atoms with van der Waals surface area (Å²) in [5.41, 5.74) is 3.85. The molecule has 0 saturated carbocycles. The van der Waals surface area contributed by atoms with Crippen LogP contribution in [0.2, 0.25) is 10.0 Å². The van der Waals surface area contributed by atoms with Gasteiger partial charge in [-0.15, -0.1) is 0 Å². The molecule has 6 nitrogen and oxygen atoms in total. The predicted molar refractivity (Wildman–Crippen MR) is 139 cm³/mol. The topological polar surface area (TPSA) is 61.9 Å². The maximum Gasteiger partial charge on any atom is 0.242 e. The third-order valence-corrected chi connectivity index (χ3v) is 7.49. The van der Waals surface area contributed by atoms with Gasteiger partial charge in [0, 0.05) is 40.8 Å². The number of ether oxygens (including phenoxy) is 1. The molecule has 1 saturated heterocycles.